The number of aromatic nitrogens is 1. The number of carboxylic acids is 2. The fourth-order valence-electron chi connectivity index (χ4n) is 7.08. The highest BCUT2D eigenvalue weighted by atomic mass is 19.4. The van der Waals surface area contributed by atoms with Gasteiger partial charge < -0.3 is 35.2 Å². The van der Waals surface area contributed by atoms with Crippen LogP contribution in [0, 0.1) is 11.6 Å². The van der Waals surface area contributed by atoms with Gasteiger partial charge in [-0.2, -0.15) is 13.2 Å². The van der Waals surface area contributed by atoms with Crippen LogP contribution in [0.25, 0.3) is 11.1 Å². The zero-order valence-electron chi connectivity index (χ0n) is 30.6. The SMILES string of the molecule is O=C(Cn1c(CCc2cccc(F)c2F)cc(=O)c2c1CCC2)N(Cc1ccc(-c2ccc(C(F)(F)F)cc2)cc1)C1CCNCC1.O=C(O)C(O)C(O)C(=O)O. The molecule has 2 unspecified atom stereocenters. The Hall–Kier alpha value is -5.45. The summed E-state index contributed by atoms with van der Waals surface area (Å²) in [5.74, 6) is -5.46. The van der Waals surface area contributed by atoms with E-state index in [9.17, 15) is 41.1 Å². The van der Waals surface area contributed by atoms with Crippen molar-refractivity contribution in [1.29, 1.82) is 0 Å². The lowest BCUT2D eigenvalue weighted by atomic mass is 10.0. The molecule has 2 atom stereocenters. The fourth-order valence-corrected chi connectivity index (χ4v) is 7.08. The predicted octanol–water partition coefficient (Wildman–Crippen LogP) is 4.74. The summed E-state index contributed by atoms with van der Waals surface area (Å²) in [6.07, 6.45) is -4.80. The molecule has 1 aliphatic heterocycles. The minimum atomic E-state index is -4.40. The average Bonchev–Trinajstić information content (AvgIpc) is 3.70. The van der Waals surface area contributed by atoms with Crippen LogP contribution in [0.5, 0.6) is 0 Å². The number of carboxylic acid groups (broad SMARTS) is 2. The first-order valence-corrected chi connectivity index (χ1v) is 18.3. The van der Waals surface area contributed by atoms with Crippen LogP contribution in [0.4, 0.5) is 22.0 Å². The lowest BCUT2D eigenvalue weighted by molar-refractivity contribution is -0.165. The summed E-state index contributed by atoms with van der Waals surface area (Å²) in [6.45, 7) is 1.93. The van der Waals surface area contributed by atoms with Crippen molar-refractivity contribution in [3.63, 3.8) is 0 Å². The molecular formula is C41H42F5N3O8. The number of aliphatic carboxylic acids is 2. The summed E-state index contributed by atoms with van der Waals surface area (Å²) in [5, 5.41) is 35.9. The van der Waals surface area contributed by atoms with Gasteiger partial charge in [0, 0.05) is 35.6 Å². The van der Waals surface area contributed by atoms with E-state index in [0.717, 1.165) is 67.4 Å². The van der Waals surface area contributed by atoms with Crippen LogP contribution in [0.3, 0.4) is 0 Å². The number of piperidine rings is 1. The second-order valence-electron chi connectivity index (χ2n) is 13.9. The minimum absolute atomic E-state index is 0.00407. The van der Waals surface area contributed by atoms with Gasteiger partial charge in [-0.15, -0.1) is 0 Å². The molecular weight excluding hydrogens is 757 g/mol. The monoisotopic (exact) mass is 799 g/mol. The largest absolute Gasteiger partial charge is 0.479 e. The van der Waals surface area contributed by atoms with Crippen LogP contribution in [0.1, 0.15) is 52.9 Å². The number of carbonyl (C=O) groups is 3. The van der Waals surface area contributed by atoms with Crippen LogP contribution < -0.4 is 10.7 Å². The number of fused-ring (bicyclic) bond motifs is 1. The van der Waals surface area contributed by atoms with Gasteiger partial charge >= 0.3 is 18.1 Å². The number of nitrogens with zero attached hydrogens (tertiary/aromatic N) is 2. The van der Waals surface area contributed by atoms with E-state index in [-0.39, 0.29) is 42.3 Å². The number of nitrogens with one attached hydrogen (secondary N) is 1. The number of rotatable bonds is 12. The number of pyridine rings is 1. The molecule has 0 saturated carbocycles. The van der Waals surface area contributed by atoms with E-state index in [0.29, 0.717) is 36.2 Å². The average molecular weight is 800 g/mol. The molecule has 2 heterocycles. The number of hydrogen-bond acceptors (Lipinski definition) is 7. The number of aryl methyl sites for hydroxylation is 2. The summed E-state index contributed by atoms with van der Waals surface area (Å²) >= 11 is 0. The van der Waals surface area contributed by atoms with Gasteiger partial charge in [0.05, 0.1) is 5.56 Å². The maximum Gasteiger partial charge on any atom is 0.416 e. The van der Waals surface area contributed by atoms with Gasteiger partial charge in [0.2, 0.25) is 5.91 Å². The van der Waals surface area contributed by atoms with E-state index in [1.807, 2.05) is 33.7 Å². The zero-order chi connectivity index (χ0) is 41.4. The summed E-state index contributed by atoms with van der Waals surface area (Å²) in [4.78, 5) is 48.7. The number of benzene rings is 3. The molecule has 1 amide bonds. The van der Waals surface area contributed by atoms with Crippen LogP contribution >= 0.6 is 0 Å². The Labute approximate surface area is 324 Å². The number of alkyl halides is 3. The summed E-state index contributed by atoms with van der Waals surface area (Å²) in [6, 6.07) is 18.1. The van der Waals surface area contributed by atoms with Crippen molar-refractivity contribution in [3.8, 4) is 11.1 Å². The van der Waals surface area contributed by atoms with Gasteiger partial charge in [-0.1, -0.05) is 48.5 Å². The summed E-state index contributed by atoms with van der Waals surface area (Å²) < 4.78 is 69.3. The van der Waals surface area contributed by atoms with Gasteiger partial charge in [-0.25, -0.2) is 18.4 Å². The number of hydrogen-bond donors (Lipinski definition) is 5. The van der Waals surface area contributed by atoms with Crippen LogP contribution in [-0.4, -0.2) is 79.1 Å². The standard InChI is InChI=1S/C37H36F5N3O2.C4H6O6/c38-32-5-1-3-27(36(32)39)13-16-30-21-34(46)31-4-2-6-33(31)44(30)23-35(47)45(29-17-19-43-20-18-29)22-24-7-9-25(10-8-24)26-11-14-28(15-12-26)37(40,41)42;5-1(3(7)8)2(6)4(9)10/h1,3,5,7-12,14-15,21,29,43H,2,4,6,13,16-20,22-23H2;1-2,5-6H,(H,7,8)(H,9,10). The van der Waals surface area contributed by atoms with Crippen molar-refractivity contribution < 1.29 is 56.8 Å². The van der Waals surface area contributed by atoms with Crippen molar-refractivity contribution in [2.45, 2.75) is 82.5 Å². The number of aliphatic hydroxyl groups excluding tert-OH is 2. The Balaban J connectivity index is 0.000000548. The van der Waals surface area contributed by atoms with Gasteiger partial charge in [0.25, 0.3) is 0 Å². The molecule has 57 heavy (non-hydrogen) atoms. The Morgan fingerprint density at radius 2 is 1.44 bits per heavy atom. The second kappa shape index (κ2) is 18.7. The first-order valence-electron chi connectivity index (χ1n) is 18.3. The smallest absolute Gasteiger partial charge is 0.416 e. The molecule has 3 aromatic carbocycles. The van der Waals surface area contributed by atoms with Gasteiger partial charge in [-0.05, 0) is 98.5 Å². The van der Waals surface area contributed by atoms with Crippen molar-refractivity contribution in [2.24, 2.45) is 0 Å². The van der Waals surface area contributed by atoms with E-state index in [1.165, 1.54) is 24.3 Å². The number of carbonyl (C=O) groups excluding carboxylic acids is 1. The normalized spacial score (nSPS) is 15.2. The highest BCUT2D eigenvalue weighted by Crippen LogP contribution is 2.31. The van der Waals surface area contributed by atoms with Crippen molar-refractivity contribution in [1.82, 2.24) is 14.8 Å². The summed E-state index contributed by atoms with van der Waals surface area (Å²) in [7, 11) is 0. The van der Waals surface area contributed by atoms with Crippen molar-refractivity contribution >= 4 is 17.8 Å². The first kappa shape index (κ1) is 42.7. The highest BCUT2D eigenvalue weighted by molar-refractivity contribution is 5.83. The molecule has 6 rings (SSSR count). The lowest BCUT2D eigenvalue weighted by Crippen LogP contribution is -2.47. The van der Waals surface area contributed by atoms with E-state index >= 15 is 0 Å². The van der Waals surface area contributed by atoms with E-state index < -0.39 is 47.5 Å². The maximum absolute atomic E-state index is 14.5. The molecule has 0 spiro atoms. The number of amides is 1. The third-order valence-corrected chi connectivity index (χ3v) is 10.2. The fraction of sp³-hybridized carbons (Fsp3) is 0.366. The van der Waals surface area contributed by atoms with E-state index in [1.54, 1.807) is 6.07 Å². The molecule has 1 aromatic heterocycles. The Bertz CT molecular complexity index is 2100. The molecule has 0 bridgehead atoms. The van der Waals surface area contributed by atoms with Crippen molar-refractivity contribution in [3.05, 3.63) is 128 Å². The molecule has 1 aliphatic carbocycles. The number of aliphatic hydroxyl groups is 2. The highest BCUT2D eigenvalue weighted by Gasteiger charge is 2.31. The second-order valence-corrected chi connectivity index (χ2v) is 13.9. The molecule has 1 saturated heterocycles. The minimum Gasteiger partial charge on any atom is -0.479 e. The molecule has 4 aromatic rings. The molecule has 2 aliphatic rings. The quantitative estimate of drug-likeness (QED) is 0.127. The predicted molar refractivity (Wildman–Crippen MR) is 197 cm³/mol. The van der Waals surface area contributed by atoms with Gasteiger partial charge in [0.1, 0.15) is 6.54 Å². The van der Waals surface area contributed by atoms with Crippen molar-refractivity contribution in [2.75, 3.05) is 13.1 Å². The molecule has 5 N–H and O–H groups in total. The number of halogens is 5. The van der Waals surface area contributed by atoms with Gasteiger partial charge in [-0.3, -0.25) is 9.59 Å². The molecule has 1 fully saturated rings. The molecule has 304 valence electrons. The van der Waals surface area contributed by atoms with E-state index in [2.05, 4.69) is 5.32 Å². The Morgan fingerprint density at radius 3 is 2.02 bits per heavy atom. The zero-order valence-corrected chi connectivity index (χ0v) is 30.6. The third-order valence-electron chi connectivity index (χ3n) is 10.2. The molecule has 11 nitrogen and oxygen atoms in total. The van der Waals surface area contributed by atoms with E-state index in [4.69, 9.17) is 20.4 Å². The summed E-state index contributed by atoms with van der Waals surface area (Å²) in [5.41, 5.74) is 3.92. The molecule has 16 heteroatoms. The molecule has 0 radical (unpaired) electrons. The van der Waals surface area contributed by atoms with Crippen LogP contribution in [0.15, 0.2) is 77.6 Å². The van der Waals surface area contributed by atoms with Crippen LogP contribution in [0.2, 0.25) is 0 Å². The first-order chi connectivity index (χ1) is 27.0. The maximum atomic E-state index is 14.5. The topological polar surface area (TPSA) is 169 Å². The lowest BCUT2D eigenvalue weighted by Gasteiger charge is -2.35. The van der Waals surface area contributed by atoms with Crippen LogP contribution in [-0.2, 0) is 59.3 Å². The van der Waals surface area contributed by atoms with Gasteiger partial charge in [0.15, 0.2) is 29.3 Å². The Morgan fingerprint density at radius 1 is 0.842 bits per heavy atom. The third kappa shape index (κ3) is 10.7. The Kier molecular flexibility index (Phi) is 14.0.